The van der Waals surface area contributed by atoms with E-state index in [0.29, 0.717) is 11.6 Å². The molecule has 9 heteroatoms. The highest BCUT2D eigenvalue weighted by atomic mass is 16.5. The van der Waals surface area contributed by atoms with Crippen molar-refractivity contribution in [2.24, 2.45) is 0 Å². The van der Waals surface area contributed by atoms with Crippen molar-refractivity contribution in [3.8, 4) is 11.3 Å². The van der Waals surface area contributed by atoms with E-state index < -0.39 is 6.09 Å². The number of methoxy groups -OCH3 is 1. The van der Waals surface area contributed by atoms with Crippen LogP contribution in [0.15, 0.2) is 36.7 Å². The van der Waals surface area contributed by atoms with E-state index in [4.69, 9.17) is 14.9 Å². The lowest BCUT2D eigenvalue weighted by atomic mass is 10.1. The Morgan fingerprint density at radius 3 is 2.55 bits per heavy atom. The zero-order chi connectivity index (χ0) is 21.2. The Labute approximate surface area is 168 Å². The second-order valence-corrected chi connectivity index (χ2v) is 6.00. The molecular weight excluding hydrogens is 374 g/mol. The number of hydrogen-bond donors (Lipinski definition) is 3. The van der Waals surface area contributed by atoms with Crippen LogP contribution >= 0.6 is 0 Å². The van der Waals surface area contributed by atoms with Gasteiger partial charge < -0.3 is 15.2 Å². The predicted molar refractivity (Wildman–Crippen MR) is 111 cm³/mol. The van der Waals surface area contributed by atoms with Gasteiger partial charge >= 0.3 is 6.09 Å². The number of fused-ring (bicyclic) bond motifs is 1. The molecule has 0 aliphatic heterocycles. The van der Waals surface area contributed by atoms with E-state index >= 15 is 0 Å². The minimum atomic E-state index is -0.513. The lowest BCUT2D eigenvalue weighted by Gasteiger charge is -2.09. The zero-order valence-electron chi connectivity index (χ0n) is 16.5. The van der Waals surface area contributed by atoms with E-state index in [1.54, 1.807) is 12.4 Å². The average molecular weight is 397 g/mol. The van der Waals surface area contributed by atoms with Gasteiger partial charge in [0.15, 0.2) is 0 Å². The first-order chi connectivity index (χ1) is 14.0. The Bertz CT molecular complexity index is 977. The molecule has 2 heterocycles. The van der Waals surface area contributed by atoms with Crippen molar-refractivity contribution in [3.63, 3.8) is 0 Å². The Balaban J connectivity index is 0.000000941. The predicted octanol–water partition coefficient (Wildman–Crippen LogP) is 3.70. The number of benzene rings is 1. The van der Waals surface area contributed by atoms with Gasteiger partial charge in [-0.1, -0.05) is 13.0 Å². The van der Waals surface area contributed by atoms with Gasteiger partial charge in [0.1, 0.15) is 0 Å². The van der Waals surface area contributed by atoms with Crippen molar-refractivity contribution in [2.45, 2.75) is 20.3 Å². The van der Waals surface area contributed by atoms with E-state index in [2.05, 4.69) is 32.3 Å². The summed E-state index contributed by atoms with van der Waals surface area (Å²) in [5.74, 6) is 0.609. The number of carboxylic acid groups (broad SMARTS) is 1. The summed E-state index contributed by atoms with van der Waals surface area (Å²) in [6, 6.07) is 7.58. The van der Waals surface area contributed by atoms with Crippen LogP contribution in [0, 0.1) is 6.92 Å². The van der Waals surface area contributed by atoms with Crippen LogP contribution in [0.25, 0.3) is 22.2 Å². The molecule has 2 aromatic heterocycles. The van der Waals surface area contributed by atoms with Gasteiger partial charge in [0.2, 0.25) is 5.95 Å². The molecule has 0 bridgehead atoms. The Morgan fingerprint density at radius 2 is 1.93 bits per heavy atom. The summed E-state index contributed by atoms with van der Waals surface area (Å²) in [6.45, 7) is 4.70. The van der Waals surface area contributed by atoms with Crippen molar-refractivity contribution in [3.05, 3.63) is 42.2 Å². The molecule has 0 fully saturated rings. The van der Waals surface area contributed by atoms with Gasteiger partial charge in [0.05, 0.1) is 18.3 Å². The molecule has 3 rings (SSSR count). The molecule has 0 aliphatic rings. The number of carbonyl (C=O) groups is 2. The van der Waals surface area contributed by atoms with Crippen molar-refractivity contribution in [1.29, 1.82) is 0 Å². The fourth-order valence-electron chi connectivity index (χ4n) is 2.59. The van der Waals surface area contributed by atoms with E-state index in [1.807, 2.05) is 31.2 Å². The number of anilines is 2. The zero-order valence-corrected chi connectivity index (χ0v) is 16.5. The van der Waals surface area contributed by atoms with Crippen molar-refractivity contribution < 1.29 is 19.4 Å². The maximum Gasteiger partial charge on any atom is 0.411 e. The SMILES string of the molecule is CCCNc1ncc(-c2cc(C)c3ccc(NC(=O)OC)cc3n2)cn1.O=CO. The maximum absolute atomic E-state index is 11.4. The van der Waals surface area contributed by atoms with Crippen LogP contribution in [-0.2, 0) is 9.53 Å². The quantitative estimate of drug-likeness (QED) is 0.556. The van der Waals surface area contributed by atoms with Gasteiger partial charge in [0.25, 0.3) is 6.47 Å². The molecule has 1 aromatic carbocycles. The third-order valence-corrected chi connectivity index (χ3v) is 3.93. The van der Waals surface area contributed by atoms with E-state index in [9.17, 15) is 4.79 Å². The smallest absolute Gasteiger partial charge is 0.411 e. The summed E-state index contributed by atoms with van der Waals surface area (Å²) in [4.78, 5) is 33.1. The summed E-state index contributed by atoms with van der Waals surface area (Å²) in [6.07, 6.45) is 4.02. The van der Waals surface area contributed by atoms with E-state index in [1.165, 1.54) is 7.11 Å². The molecule has 0 radical (unpaired) electrons. The molecule has 0 saturated heterocycles. The minimum absolute atomic E-state index is 0.250. The standard InChI is InChI=1S/C19H21N5O2.CH2O2/c1-4-7-20-18-21-10-13(11-22-18)16-8-12(2)15-6-5-14(9-17(15)24-16)23-19(25)26-3;2-1-3/h5-6,8-11H,4,7H2,1-3H3,(H,23,25)(H,20,21,22);1H,(H,2,3). The molecular formula is C20H23N5O4. The molecule has 3 N–H and O–H groups in total. The van der Waals surface area contributed by atoms with Gasteiger partial charge in [-0.05, 0) is 37.1 Å². The molecule has 3 aromatic rings. The number of nitrogens with zero attached hydrogens (tertiary/aromatic N) is 3. The Hall–Kier alpha value is -3.75. The van der Waals surface area contributed by atoms with Crippen LogP contribution in [0.5, 0.6) is 0 Å². The first-order valence-corrected chi connectivity index (χ1v) is 8.92. The number of aryl methyl sites for hydroxylation is 1. The number of amides is 1. The second-order valence-electron chi connectivity index (χ2n) is 6.00. The molecule has 152 valence electrons. The van der Waals surface area contributed by atoms with Crippen molar-refractivity contribution >= 4 is 35.1 Å². The van der Waals surface area contributed by atoms with E-state index in [0.717, 1.165) is 40.7 Å². The van der Waals surface area contributed by atoms with Crippen LogP contribution in [0.4, 0.5) is 16.4 Å². The largest absolute Gasteiger partial charge is 0.483 e. The lowest BCUT2D eigenvalue weighted by molar-refractivity contribution is -0.122. The summed E-state index contributed by atoms with van der Waals surface area (Å²) < 4.78 is 4.63. The summed E-state index contributed by atoms with van der Waals surface area (Å²) >= 11 is 0. The fraction of sp³-hybridized carbons (Fsp3) is 0.250. The normalized spacial score (nSPS) is 9.90. The van der Waals surface area contributed by atoms with Crippen LogP contribution in [0.1, 0.15) is 18.9 Å². The third-order valence-electron chi connectivity index (χ3n) is 3.93. The minimum Gasteiger partial charge on any atom is -0.483 e. The van der Waals surface area contributed by atoms with Crippen LogP contribution < -0.4 is 10.6 Å². The highest BCUT2D eigenvalue weighted by molar-refractivity contribution is 5.91. The molecule has 0 saturated carbocycles. The van der Waals surface area contributed by atoms with Gasteiger partial charge in [-0.15, -0.1) is 0 Å². The number of carbonyl (C=O) groups excluding carboxylic acids is 1. The molecule has 0 aliphatic carbocycles. The molecule has 0 atom stereocenters. The third kappa shape index (κ3) is 5.86. The number of rotatable bonds is 5. The van der Waals surface area contributed by atoms with Gasteiger partial charge in [-0.3, -0.25) is 10.1 Å². The Morgan fingerprint density at radius 1 is 1.24 bits per heavy atom. The van der Waals surface area contributed by atoms with Crippen molar-refractivity contribution in [1.82, 2.24) is 15.0 Å². The first-order valence-electron chi connectivity index (χ1n) is 8.92. The molecule has 1 amide bonds. The van der Waals surface area contributed by atoms with Gasteiger partial charge in [-0.2, -0.15) is 0 Å². The lowest BCUT2D eigenvalue weighted by Crippen LogP contribution is -2.10. The number of pyridine rings is 1. The molecule has 9 nitrogen and oxygen atoms in total. The first kappa shape index (κ1) is 21.5. The highest BCUT2D eigenvalue weighted by Gasteiger charge is 2.08. The number of nitrogens with one attached hydrogen (secondary N) is 2. The molecule has 29 heavy (non-hydrogen) atoms. The topological polar surface area (TPSA) is 126 Å². The highest BCUT2D eigenvalue weighted by Crippen LogP contribution is 2.26. The van der Waals surface area contributed by atoms with Crippen LogP contribution in [0.2, 0.25) is 0 Å². The number of ether oxygens (including phenoxy) is 1. The summed E-state index contributed by atoms with van der Waals surface area (Å²) in [5, 5.41) is 13.7. The molecule has 0 spiro atoms. The van der Waals surface area contributed by atoms with Gasteiger partial charge in [0, 0.05) is 35.6 Å². The second kappa shape index (κ2) is 10.5. The molecule has 0 unspecified atom stereocenters. The summed E-state index contributed by atoms with van der Waals surface area (Å²) in [7, 11) is 1.33. The van der Waals surface area contributed by atoms with Crippen molar-refractivity contribution in [2.75, 3.05) is 24.3 Å². The maximum atomic E-state index is 11.4. The average Bonchev–Trinajstić information content (AvgIpc) is 2.72. The summed E-state index contributed by atoms with van der Waals surface area (Å²) in [5.41, 5.74) is 4.12. The number of aromatic nitrogens is 3. The monoisotopic (exact) mass is 397 g/mol. The van der Waals surface area contributed by atoms with E-state index in [-0.39, 0.29) is 6.47 Å². The van der Waals surface area contributed by atoms with Gasteiger partial charge in [-0.25, -0.2) is 19.7 Å². The number of hydrogen-bond acceptors (Lipinski definition) is 7. The van der Waals surface area contributed by atoms with Crippen LogP contribution in [-0.4, -0.2) is 46.3 Å². The van der Waals surface area contributed by atoms with Crippen LogP contribution in [0.3, 0.4) is 0 Å². The fourth-order valence-corrected chi connectivity index (χ4v) is 2.59. The Kier molecular flexibility index (Phi) is 7.84.